The van der Waals surface area contributed by atoms with E-state index in [1.165, 1.54) is 5.56 Å². The molecule has 0 saturated carbocycles. The van der Waals surface area contributed by atoms with E-state index in [1.54, 1.807) is 72.8 Å². The summed E-state index contributed by atoms with van der Waals surface area (Å²) in [7, 11) is 0. The van der Waals surface area contributed by atoms with Crippen LogP contribution < -0.4 is 37.7 Å². The Kier molecular flexibility index (Phi) is 27.4. The van der Waals surface area contributed by atoms with E-state index in [1.807, 2.05) is 55.5 Å². The minimum Gasteiger partial charge on any atom is -0.780 e. The van der Waals surface area contributed by atoms with Gasteiger partial charge in [0.2, 0.25) is 0 Å². The van der Waals surface area contributed by atoms with Gasteiger partial charge in [-0.05, 0) is 104 Å². The van der Waals surface area contributed by atoms with E-state index >= 15 is 0 Å². The van der Waals surface area contributed by atoms with Crippen LogP contribution in [-0.2, 0) is 12.6 Å². The summed E-state index contributed by atoms with van der Waals surface area (Å²) in [6, 6.07) is 36.3. The SMILES string of the molecule is Cc1ccc(Cl)cc1.Clc1ccc(Cl)cc1.Clc1ccc(Cl)cc1.Sc1ccc(Cl)cc1.[Li+].[Li+].[S-]c1ccc(Cl)cc1. The number of aryl methyl sites for hydroxylation is 1. The fraction of sp³-hybridized carbons (Fsp3) is 0.0323. The van der Waals surface area contributed by atoms with E-state index in [0.29, 0.717) is 0 Å². The van der Waals surface area contributed by atoms with Crippen molar-refractivity contribution in [2.45, 2.75) is 16.7 Å². The molecule has 5 aromatic rings. The Morgan fingerprint density at radius 3 is 0.762 bits per heavy atom. The van der Waals surface area contributed by atoms with Crippen molar-refractivity contribution in [3.63, 3.8) is 0 Å². The maximum absolute atomic E-state index is 5.61. The van der Waals surface area contributed by atoms with Crippen molar-refractivity contribution < 1.29 is 37.7 Å². The normalized spacial score (nSPS) is 8.79. The first-order valence-corrected chi connectivity index (χ1v) is 14.9. The monoisotopic (exact) mass is 719 g/mol. The van der Waals surface area contributed by atoms with E-state index in [9.17, 15) is 0 Å². The van der Waals surface area contributed by atoms with Gasteiger partial charge in [-0.3, -0.25) is 0 Å². The van der Waals surface area contributed by atoms with Crippen LogP contribution in [0.2, 0.25) is 35.2 Å². The summed E-state index contributed by atoms with van der Waals surface area (Å²) in [5.74, 6) is 0. The van der Waals surface area contributed by atoms with E-state index in [2.05, 4.69) is 12.6 Å². The summed E-state index contributed by atoms with van der Waals surface area (Å²) in [6.45, 7) is 2.04. The minimum atomic E-state index is 0. The number of hydrogen-bond donors (Lipinski definition) is 1. The molecule has 0 unspecified atom stereocenters. The Balaban J connectivity index is 0. The van der Waals surface area contributed by atoms with Crippen molar-refractivity contribution in [2.24, 2.45) is 0 Å². The molecule has 0 N–H and O–H groups in total. The molecule has 0 radical (unpaired) electrons. The van der Waals surface area contributed by atoms with Crippen LogP contribution in [-0.4, -0.2) is 0 Å². The second-order valence-corrected chi connectivity index (χ2v) is 11.6. The van der Waals surface area contributed by atoms with Crippen LogP contribution in [0.15, 0.2) is 131 Å². The van der Waals surface area contributed by atoms with Gasteiger partial charge in [0.1, 0.15) is 0 Å². The van der Waals surface area contributed by atoms with Crippen molar-refractivity contribution in [3.05, 3.63) is 162 Å². The molecule has 0 fully saturated rings. The van der Waals surface area contributed by atoms with Crippen LogP contribution >= 0.6 is 93.8 Å². The van der Waals surface area contributed by atoms with Crippen LogP contribution in [0.1, 0.15) is 5.56 Å². The molecule has 0 heterocycles. The van der Waals surface area contributed by atoms with E-state index in [-0.39, 0.29) is 37.7 Å². The average molecular weight is 723 g/mol. The standard InChI is InChI=1S/C7H7Cl.2C6H4Cl2.2C6H5ClS.2Li/c1-6-2-4-7(8)5-3-6;2*7-5-1-2-6(8)4-3-5;2*7-5-1-3-6(8)4-2-5;;/h2-5H,1H3;2*1-4H;2*1-4,8H;;/q;;;;;2*+1/p-1. The molecule has 0 saturated heterocycles. The zero-order valence-electron chi connectivity index (χ0n) is 23.0. The average Bonchev–Trinajstić information content (AvgIpc) is 2.94. The van der Waals surface area contributed by atoms with E-state index in [0.717, 1.165) is 44.9 Å². The molecule has 5 rings (SSSR count). The maximum atomic E-state index is 5.61. The van der Waals surface area contributed by atoms with Gasteiger partial charge >= 0.3 is 37.7 Å². The fourth-order valence-corrected chi connectivity index (χ4v) is 3.44. The van der Waals surface area contributed by atoms with Gasteiger partial charge in [-0.25, -0.2) is 0 Å². The van der Waals surface area contributed by atoms with Crippen LogP contribution in [0.4, 0.5) is 0 Å². The third-order valence-corrected chi connectivity index (χ3v) is 6.59. The molecule has 0 aromatic heterocycles. The summed E-state index contributed by atoms with van der Waals surface area (Å²) in [6.07, 6.45) is 0. The summed E-state index contributed by atoms with van der Waals surface area (Å²) in [5.41, 5.74) is 1.24. The Hall–Kier alpha value is -0.105. The van der Waals surface area contributed by atoms with Crippen LogP contribution in [0.3, 0.4) is 0 Å². The third kappa shape index (κ3) is 24.2. The smallest absolute Gasteiger partial charge is 0.780 e. The molecule has 0 aliphatic carbocycles. The summed E-state index contributed by atoms with van der Waals surface area (Å²) >= 11 is 47.9. The molecule has 0 amide bonds. The molecule has 0 aliphatic rings. The molecule has 210 valence electrons. The largest absolute Gasteiger partial charge is 1.00 e. The van der Waals surface area contributed by atoms with Gasteiger partial charge in [0, 0.05) is 40.1 Å². The Morgan fingerprint density at radius 1 is 0.381 bits per heavy atom. The third-order valence-electron chi connectivity index (χ3n) is 4.26. The summed E-state index contributed by atoms with van der Waals surface area (Å²) in [4.78, 5) is 1.77. The van der Waals surface area contributed by atoms with Gasteiger partial charge in [0.05, 0.1) is 0 Å². The molecule has 0 bridgehead atoms. The predicted molar refractivity (Wildman–Crippen MR) is 185 cm³/mol. The van der Waals surface area contributed by atoms with Gasteiger partial charge in [-0.2, -0.15) is 4.90 Å². The van der Waals surface area contributed by atoms with Crippen LogP contribution in [0.25, 0.3) is 0 Å². The molecule has 11 heteroatoms. The fourth-order valence-electron chi connectivity index (χ4n) is 2.27. The van der Waals surface area contributed by atoms with E-state index in [4.69, 9.17) is 93.8 Å². The Labute approximate surface area is 319 Å². The first-order valence-electron chi connectivity index (χ1n) is 11.4. The second kappa shape index (κ2) is 26.1. The van der Waals surface area contributed by atoms with Crippen molar-refractivity contribution in [1.82, 2.24) is 0 Å². The molecular weight excluding hydrogens is 699 g/mol. The molecule has 42 heavy (non-hydrogen) atoms. The number of rotatable bonds is 0. The zero-order valence-corrected chi connectivity index (χ0v) is 30.1. The van der Waals surface area contributed by atoms with Crippen molar-refractivity contribution in [1.29, 1.82) is 0 Å². The van der Waals surface area contributed by atoms with Crippen molar-refractivity contribution in [2.75, 3.05) is 0 Å². The van der Waals surface area contributed by atoms with Gasteiger partial charge in [-0.15, -0.1) is 12.6 Å². The quantitative estimate of drug-likeness (QED) is 0.0982. The van der Waals surface area contributed by atoms with E-state index < -0.39 is 0 Å². The number of halogens is 7. The molecule has 0 atom stereocenters. The summed E-state index contributed by atoms with van der Waals surface area (Å²) in [5, 5.41) is 5.16. The molecule has 0 spiro atoms. The number of hydrogen-bond acceptors (Lipinski definition) is 2. The zero-order chi connectivity index (χ0) is 29.9. The molecule has 5 aromatic carbocycles. The van der Waals surface area contributed by atoms with Crippen molar-refractivity contribution in [3.8, 4) is 0 Å². The van der Waals surface area contributed by atoms with Crippen LogP contribution in [0, 0.1) is 6.92 Å². The minimum absolute atomic E-state index is 0. The molecule has 0 nitrogen and oxygen atoms in total. The summed E-state index contributed by atoms with van der Waals surface area (Å²) < 4.78 is 0. The molecule has 0 aliphatic heterocycles. The first kappa shape index (κ1) is 44.0. The number of thiol groups is 1. The topological polar surface area (TPSA) is 0 Å². The Bertz CT molecular complexity index is 996. The Morgan fingerprint density at radius 2 is 0.571 bits per heavy atom. The van der Waals surface area contributed by atoms with Gasteiger partial charge < -0.3 is 12.6 Å². The number of benzene rings is 5. The van der Waals surface area contributed by atoms with Gasteiger partial charge in [0.25, 0.3) is 0 Å². The second-order valence-electron chi connectivity index (χ2n) is 7.60. The van der Waals surface area contributed by atoms with Gasteiger partial charge in [0.15, 0.2) is 0 Å². The van der Waals surface area contributed by atoms with Gasteiger partial charge in [-0.1, -0.05) is 111 Å². The van der Waals surface area contributed by atoms with Crippen LogP contribution in [0.5, 0.6) is 0 Å². The first-order chi connectivity index (χ1) is 18.9. The predicted octanol–water partition coefficient (Wildman–Crippen LogP) is 7.52. The molecular formula is C31H24Cl7Li2S2+. The van der Waals surface area contributed by atoms with Crippen molar-refractivity contribution >= 4 is 106 Å². The maximum Gasteiger partial charge on any atom is 1.00 e.